The molecule has 0 unspecified atom stereocenters. The normalized spacial score (nSPS) is 14.8. The van der Waals surface area contributed by atoms with Gasteiger partial charge in [-0.05, 0) is 36.6 Å². The third-order valence-corrected chi connectivity index (χ3v) is 7.66. The molecule has 194 valence electrons. The lowest BCUT2D eigenvalue weighted by Crippen LogP contribution is -2.33. The maximum absolute atomic E-state index is 12.5. The fourth-order valence-electron chi connectivity index (χ4n) is 4.24. The van der Waals surface area contributed by atoms with Gasteiger partial charge in [0.25, 0.3) is 5.91 Å². The van der Waals surface area contributed by atoms with Crippen LogP contribution >= 0.6 is 24.0 Å². The van der Waals surface area contributed by atoms with Crippen LogP contribution in [-0.2, 0) is 9.59 Å². The van der Waals surface area contributed by atoms with E-state index in [1.807, 2.05) is 12.1 Å². The Morgan fingerprint density at radius 3 is 1.94 bits per heavy atom. The second-order valence-corrected chi connectivity index (χ2v) is 11.0. The Morgan fingerprint density at radius 1 is 0.914 bits per heavy atom. The molecule has 1 aromatic carbocycles. The molecule has 1 aliphatic heterocycles. The van der Waals surface area contributed by atoms with Gasteiger partial charge in [0.1, 0.15) is 10.9 Å². The van der Waals surface area contributed by atoms with E-state index in [1.54, 1.807) is 6.08 Å². The Hall–Kier alpha value is -1.86. The van der Waals surface area contributed by atoms with Crippen LogP contribution in [0.25, 0.3) is 6.08 Å². The van der Waals surface area contributed by atoms with Gasteiger partial charge in [0.05, 0.1) is 4.91 Å². The smallest absolute Gasteiger partial charge is 0.323 e. The van der Waals surface area contributed by atoms with Crippen molar-refractivity contribution in [2.24, 2.45) is 0 Å². The molecule has 1 amide bonds. The largest absolute Gasteiger partial charge is 0.480 e. The second kappa shape index (κ2) is 16.7. The van der Waals surface area contributed by atoms with Gasteiger partial charge in [-0.1, -0.05) is 114 Å². The molecule has 1 saturated heterocycles. The van der Waals surface area contributed by atoms with E-state index in [4.69, 9.17) is 17.3 Å². The Kier molecular flexibility index (Phi) is 14.1. The van der Waals surface area contributed by atoms with E-state index in [-0.39, 0.29) is 5.91 Å². The number of carboxylic acid groups (broad SMARTS) is 1. The summed E-state index contributed by atoms with van der Waals surface area (Å²) in [5.74, 6) is -1.40. The predicted molar refractivity (Wildman–Crippen MR) is 153 cm³/mol. The van der Waals surface area contributed by atoms with Crippen LogP contribution in [-0.4, -0.2) is 45.8 Å². The number of thioether (sulfide) groups is 1. The van der Waals surface area contributed by atoms with Gasteiger partial charge >= 0.3 is 5.97 Å². The molecule has 0 atom stereocenters. The Morgan fingerprint density at radius 2 is 1.43 bits per heavy atom. The highest BCUT2D eigenvalue weighted by Gasteiger charge is 2.33. The van der Waals surface area contributed by atoms with Gasteiger partial charge in [-0.2, -0.15) is 0 Å². The molecule has 7 heteroatoms. The van der Waals surface area contributed by atoms with E-state index in [0.29, 0.717) is 9.23 Å². The first-order chi connectivity index (χ1) is 17.0. The van der Waals surface area contributed by atoms with Crippen LogP contribution in [0.15, 0.2) is 29.2 Å². The first kappa shape index (κ1) is 29.4. The van der Waals surface area contributed by atoms with Gasteiger partial charge < -0.3 is 10.0 Å². The molecule has 35 heavy (non-hydrogen) atoms. The zero-order chi connectivity index (χ0) is 25.5. The quantitative estimate of drug-likeness (QED) is 0.123. The minimum absolute atomic E-state index is 0.296. The van der Waals surface area contributed by atoms with Crippen LogP contribution in [0.4, 0.5) is 5.69 Å². The summed E-state index contributed by atoms with van der Waals surface area (Å²) in [5, 5.41) is 9.01. The average Bonchev–Trinajstić information content (AvgIpc) is 3.09. The van der Waals surface area contributed by atoms with Crippen molar-refractivity contribution in [2.45, 2.75) is 90.9 Å². The molecule has 1 N–H and O–H groups in total. The SMILES string of the molecule is CCCCCCCCN(CCCCCCCC)c1ccc(C=C2SC(=S)N(CC(=O)O)C2=O)cc1. The van der Waals surface area contributed by atoms with Crippen molar-refractivity contribution in [1.29, 1.82) is 0 Å². The number of hydrogen-bond donors (Lipinski definition) is 1. The van der Waals surface area contributed by atoms with Crippen LogP contribution in [0.5, 0.6) is 0 Å². The van der Waals surface area contributed by atoms with Gasteiger partial charge in [-0.3, -0.25) is 14.5 Å². The summed E-state index contributed by atoms with van der Waals surface area (Å²) in [5.41, 5.74) is 2.14. The monoisotopic (exact) mass is 518 g/mol. The second-order valence-electron chi connectivity index (χ2n) is 9.28. The molecule has 5 nitrogen and oxygen atoms in total. The lowest BCUT2D eigenvalue weighted by Gasteiger charge is -2.25. The third kappa shape index (κ3) is 10.7. The molecule has 2 rings (SSSR count). The molecule has 0 radical (unpaired) electrons. The first-order valence-electron chi connectivity index (χ1n) is 13.3. The molecule has 0 saturated carbocycles. The number of hydrogen-bond acceptors (Lipinski definition) is 5. The Balaban J connectivity index is 1.98. The van der Waals surface area contributed by atoms with Gasteiger partial charge in [0.2, 0.25) is 0 Å². The number of carbonyl (C=O) groups is 2. The lowest BCUT2D eigenvalue weighted by atomic mass is 10.1. The zero-order valence-corrected chi connectivity index (χ0v) is 23.1. The van der Waals surface area contributed by atoms with Crippen LogP contribution in [0.3, 0.4) is 0 Å². The van der Waals surface area contributed by atoms with Crippen LogP contribution in [0.1, 0.15) is 96.5 Å². The van der Waals surface area contributed by atoms with E-state index in [2.05, 4.69) is 30.9 Å². The Bertz CT molecular complexity index is 823. The molecule has 0 aliphatic carbocycles. The van der Waals surface area contributed by atoms with Gasteiger partial charge in [-0.25, -0.2) is 0 Å². The van der Waals surface area contributed by atoms with Crippen molar-refractivity contribution in [3.8, 4) is 0 Å². The van der Waals surface area contributed by atoms with Crippen molar-refractivity contribution < 1.29 is 14.7 Å². The van der Waals surface area contributed by atoms with Crippen molar-refractivity contribution in [3.63, 3.8) is 0 Å². The molecular formula is C28H42N2O3S2. The van der Waals surface area contributed by atoms with E-state index in [9.17, 15) is 9.59 Å². The molecule has 1 fully saturated rings. The number of carbonyl (C=O) groups excluding carboxylic acids is 1. The van der Waals surface area contributed by atoms with Crippen LogP contribution in [0.2, 0.25) is 0 Å². The summed E-state index contributed by atoms with van der Waals surface area (Å²) in [6.07, 6.45) is 17.3. The number of thiocarbonyl (C=S) groups is 1. The number of anilines is 1. The van der Waals surface area contributed by atoms with Crippen molar-refractivity contribution in [3.05, 3.63) is 34.7 Å². The standard InChI is InChI=1S/C28H42N2O3S2/c1-3-5-7-9-11-13-19-29(20-14-12-10-8-6-4-2)24-17-15-23(16-18-24)21-25-27(33)30(22-26(31)32)28(34)35-25/h15-18,21H,3-14,19-20,22H2,1-2H3,(H,31,32). The minimum Gasteiger partial charge on any atom is -0.480 e. The predicted octanol–water partition coefficient (Wildman–Crippen LogP) is 7.50. The number of aliphatic carboxylic acids is 1. The van der Waals surface area contributed by atoms with E-state index >= 15 is 0 Å². The summed E-state index contributed by atoms with van der Waals surface area (Å²) in [4.78, 5) is 27.7. The lowest BCUT2D eigenvalue weighted by molar-refractivity contribution is -0.140. The number of benzene rings is 1. The average molecular weight is 519 g/mol. The van der Waals surface area contributed by atoms with Gasteiger partial charge in [-0.15, -0.1) is 0 Å². The first-order valence-corrected chi connectivity index (χ1v) is 14.5. The fraction of sp³-hybridized carbons (Fsp3) is 0.607. The zero-order valence-electron chi connectivity index (χ0n) is 21.5. The van der Waals surface area contributed by atoms with Crippen LogP contribution < -0.4 is 4.90 Å². The maximum Gasteiger partial charge on any atom is 0.323 e. The molecular weight excluding hydrogens is 476 g/mol. The summed E-state index contributed by atoms with van der Waals surface area (Å²) >= 11 is 6.35. The molecule has 0 aromatic heterocycles. The highest BCUT2D eigenvalue weighted by Crippen LogP contribution is 2.32. The summed E-state index contributed by atoms with van der Waals surface area (Å²) in [7, 11) is 0. The summed E-state index contributed by atoms with van der Waals surface area (Å²) < 4.78 is 0.296. The van der Waals surface area contributed by atoms with E-state index < -0.39 is 12.5 Å². The van der Waals surface area contributed by atoms with Crippen molar-refractivity contribution in [2.75, 3.05) is 24.5 Å². The van der Waals surface area contributed by atoms with E-state index in [1.165, 1.54) is 82.7 Å². The molecule has 0 spiro atoms. The van der Waals surface area contributed by atoms with Crippen molar-refractivity contribution >= 4 is 51.9 Å². The fourth-order valence-corrected chi connectivity index (χ4v) is 5.50. The molecule has 1 heterocycles. The summed E-state index contributed by atoms with van der Waals surface area (Å²) in [6.45, 7) is 6.27. The number of unbranched alkanes of at least 4 members (excludes halogenated alkanes) is 10. The van der Waals surface area contributed by atoms with E-state index in [0.717, 1.165) is 35.3 Å². The number of rotatable bonds is 18. The minimum atomic E-state index is -1.07. The van der Waals surface area contributed by atoms with Crippen molar-refractivity contribution in [1.82, 2.24) is 4.90 Å². The number of amides is 1. The number of nitrogens with zero attached hydrogens (tertiary/aromatic N) is 2. The molecule has 1 aliphatic rings. The maximum atomic E-state index is 12.5. The third-order valence-electron chi connectivity index (χ3n) is 6.29. The van der Waals surface area contributed by atoms with Gasteiger partial charge in [0.15, 0.2) is 0 Å². The summed E-state index contributed by atoms with van der Waals surface area (Å²) in [6, 6.07) is 8.35. The highest BCUT2D eigenvalue weighted by molar-refractivity contribution is 8.26. The van der Waals surface area contributed by atoms with Crippen LogP contribution in [0, 0.1) is 0 Å². The number of carboxylic acids is 1. The Labute approximate surface area is 221 Å². The molecule has 1 aromatic rings. The highest BCUT2D eigenvalue weighted by atomic mass is 32.2. The van der Waals surface area contributed by atoms with Gasteiger partial charge in [0, 0.05) is 18.8 Å². The molecule has 0 bridgehead atoms. The topological polar surface area (TPSA) is 60.9 Å².